The number of aryl methyl sites for hydroxylation is 1. The lowest BCUT2D eigenvalue weighted by molar-refractivity contribution is -0.118. The summed E-state index contributed by atoms with van der Waals surface area (Å²) >= 11 is 0. The number of nitrogens with one attached hydrogen (secondary N) is 2. The maximum atomic E-state index is 13.4. The molecule has 1 fully saturated rings. The van der Waals surface area contributed by atoms with Gasteiger partial charge in [-0.15, -0.1) is 0 Å². The molecule has 1 saturated heterocycles. The number of hydrogen-bond donors (Lipinski definition) is 2. The summed E-state index contributed by atoms with van der Waals surface area (Å²) in [6.45, 7) is 2.00. The van der Waals surface area contributed by atoms with Crippen molar-refractivity contribution < 1.29 is 18.0 Å². The van der Waals surface area contributed by atoms with Gasteiger partial charge in [0.2, 0.25) is 0 Å². The van der Waals surface area contributed by atoms with Gasteiger partial charge in [0.05, 0.1) is 17.2 Å². The molecule has 1 aliphatic rings. The number of carbonyl (C=O) groups is 2. The summed E-state index contributed by atoms with van der Waals surface area (Å²) in [5.41, 5.74) is 4.40. The summed E-state index contributed by atoms with van der Waals surface area (Å²) in [5, 5.41) is 10.3. The first-order valence-corrected chi connectivity index (χ1v) is 14.4. The average Bonchev–Trinajstić information content (AvgIpc) is 3.52. The number of benzene rings is 3. The summed E-state index contributed by atoms with van der Waals surface area (Å²) in [5.74, 6) is -1.12. The Labute approximate surface area is 227 Å². The lowest BCUT2D eigenvalue weighted by Gasteiger charge is -2.14. The van der Waals surface area contributed by atoms with Crippen LogP contribution in [0.2, 0.25) is 0 Å². The van der Waals surface area contributed by atoms with E-state index in [1.807, 2.05) is 61.5 Å². The Hall–Kier alpha value is -4.50. The average molecular weight is 541 g/mol. The topological polar surface area (TPSA) is 110 Å². The van der Waals surface area contributed by atoms with Crippen molar-refractivity contribution in [2.75, 3.05) is 11.5 Å². The first-order valence-electron chi connectivity index (χ1n) is 12.6. The van der Waals surface area contributed by atoms with Gasteiger partial charge in [0.25, 0.3) is 11.8 Å². The fourth-order valence-electron chi connectivity index (χ4n) is 4.41. The molecule has 4 aromatic rings. The molecule has 1 aliphatic heterocycles. The smallest absolute Gasteiger partial charge is 0.268 e. The zero-order chi connectivity index (χ0) is 27.4. The van der Waals surface area contributed by atoms with Crippen LogP contribution in [0.4, 0.5) is 0 Å². The zero-order valence-electron chi connectivity index (χ0n) is 21.4. The molecule has 2 amide bonds. The lowest BCUT2D eigenvalue weighted by Crippen LogP contribution is -2.41. The normalized spacial score (nSPS) is 16.5. The van der Waals surface area contributed by atoms with Crippen LogP contribution in [0.15, 0.2) is 96.8 Å². The van der Waals surface area contributed by atoms with Crippen molar-refractivity contribution in [2.45, 2.75) is 19.4 Å². The van der Waals surface area contributed by atoms with Gasteiger partial charge in [-0.25, -0.2) is 13.1 Å². The maximum absolute atomic E-state index is 13.4. The molecule has 9 heteroatoms. The highest BCUT2D eigenvalue weighted by Crippen LogP contribution is 2.26. The fraction of sp³-hybridized carbons (Fsp3) is 0.167. The number of hydrogen-bond acceptors (Lipinski definition) is 5. The van der Waals surface area contributed by atoms with Crippen LogP contribution < -0.4 is 10.6 Å². The minimum Gasteiger partial charge on any atom is -0.347 e. The second-order valence-corrected chi connectivity index (χ2v) is 11.8. The van der Waals surface area contributed by atoms with Crippen molar-refractivity contribution in [1.82, 2.24) is 20.4 Å². The SMILES string of the molecule is Cc1ccc(-c2nn(-c3ccccc3)cc2/C=C(\NC(=O)c2ccccc2)C(=O)N[C@@H]2CCS(=O)(=O)C2)cc1. The molecule has 198 valence electrons. The van der Waals surface area contributed by atoms with Crippen LogP contribution in [0.5, 0.6) is 0 Å². The molecule has 8 nitrogen and oxygen atoms in total. The van der Waals surface area contributed by atoms with E-state index in [0.717, 1.165) is 16.8 Å². The van der Waals surface area contributed by atoms with Crippen molar-refractivity contribution in [3.8, 4) is 16.9 Å². The highest BCUT2D eigenvalue weighted by atomic mass is 32.2. The molecule has 0 radical (unpaired) electrons. The molecular weight excluding hydrogens is 512 g/mol. The molecule has 0 saturated carbocycles. The Balaban J connectivity index is 1.56. The minimum atomic E-state index is -3.20. The second kappa shape index (κ2) is 11.1. The minimum absolute atomic E-state index is 0.00544. The van der Waals surface area contributed by atoms with Gasteiger partial charge in [-0.3, -0.25) is 9.59 Å². The summed E-state index contributed by atoms with van der Waals surface area (Å²) in [6.07, 6.45) is 3.71. The second-order valence-electron chi connectivity index (χ2n) is 9.53. The monoisotopic (exact) mass is 540 g/mol. The third kappa shape index (κ3) is 6.32. The molecule has 0 aliphatic carbocycles. The molecule has 39 heavy (non-hydrogen) atoms. The summed E-state index contributed by atoms with van der Waals surface area (Å²) in [4.78, 5) is 26.5. The third-order valence-corrected chi connectivity index (χ3v) is 8.25. The van der Waals surface area contributed by atoms with Crippen molar-refractivity contribution >= 4 is 27.7 Å². The standard InChI is InChI=1S/C30H28N4O4S/c1-21-12-14-22(15-13-21)28-24(19-34(33-28)26-10-6-3-7-11-26)18-27(32-29(35)23-8-4-2-5-9-23)30(36)31-25-16-17-39(37,38)20-25/h2-15,18-19,25H,16-17,20H2,1H3,(H,31,36)(H,32,35)/b27-18-/t25-/m1/s1. The van der Waals surface area contributed by atoms with Crippen LogP contribution in [-0.4, -0.2) is 47.6 Å². The zero-order valence-corrected chi connectivity index (χ0v) is 22.2. The number of sulfone groups is 1. The number of nitrogens with zero attached hydrogens (tertiary/aromatic N) is 2. The molecule has 1 atom stereocenters. The highest BCUT2D eigenvalue weighted by Gasteiger charge is 2.30. The number of amides is 2. The summed E-state index contributed by atoms with van der Waals surface area (Å²) in [6, 6.07) is 25.5. The first-order chi connectivity index (χ1) is 18.8. The van der Waals surface area contributed by atoms with Gasteiger partial charge in [0, 0.05) is 28.9 Å². The Morgan fingerprint density at radius 1 is 0.949 bits per heavy atom. The Morgan fingerprint density at radius 3 is 2.26 bits per heavy atom. The van der Waals surface area contributed by atoms with Crippen LogP contribution in [0, 0.1) is 6.92 Å². The molecule has 3 aromatic carbocycles. The van der Waals surface area contributed by atoms with E-state index in [9.17, 15) is 18.0 Å². The van der Waals surface area contributed by atoms with E-state index in [-0.39, 0.29) is 17.2 Å². The first kappa shape index (κ1) is 26.1. The Bertz CT molecular complexity index is 1630. The Morgan fingerprint density at radius 2 is 1.62 bits per heavy atom. The molecular formula is C30H28N4O4S. The van der Waals surface area contributed by atoms with Crippen LogP contribution in [0.25, 0.3) is 23.0 Å². The van der Waals surface area contributed by atoms with Gasteiger partial charge >= 0.3 is 0 Å². The van der Waals surface area contributed by atoms with Crippen LogP contribution in [0.3, 0.4) is 0 Å². The van der Waals surface area contributed by atoms with Crippen molar-refractivity contribution in [3.05, 3.63) is 114 Å². The number of aromatic nitrogens is 2. The molecule has 5 rings (SSSR count). The van der Waals surface area contributed by atoms with E-state index in [1.165, 1.54) is 0 Å². The van der Waals surface area contributed by atoms with E-state index in [4.69, 9.17) is 5.10 Å². The number of para-hydroxylation sites is 1. The van der Waals surface area contributed by atoms with Gasteiger partial charge < -0.3 is 10.6 Å². The van der Waals surface area contributed by atoms with Gasteiger partial charge in [0.1, 0.15) is 11.4 Å². The van der Waals surface area contributed by atoms with E-state index in [0.29, 0.717) is 23.2 Å². The van der Waals surface area contributed by atoms with Gasteiger partial charge in [0.15, 0.2) is 9.84 Å². The molecule has 1 aromatic heterocycles. The predicted molar refractivity (Wildman–Crippen MR) is 151 cm³/mol. The van der Waals surface area contributed by atoms with Gasteiger partial charge in [-0.05, 0) is 43.7 Å². The lowest BCUT2D eigenvalue weighted by atomic mass is 10.1. The van der Waals surface area contributed by atoms with Crippen LogP contribution >= 0.6 is 0 Å². The molecule has 2 heterocycles. The number of carbonyl (C=O) groups excluding carboxylic acids is 2. The van der Waals surface area contributed by atoms with Crippen LogP contribution in [-0.2, 0) is 14.6 Å². The quantitative estimate of drug-likeness (QED) is 0.345. The van der Waals surface area contributed by atoms with Crippen molar-refractivity contribution in [1.29, 1.82) is 0 Å². The highest BCUT2D eigenvalue weighted by molar-refractivity contribution is 7.91. The predicted octanol–water partition coefficient (Wildman–Crippen LogP) is 3.92. The Kier molecular flexibility index (Phi) is 7.42. The molecule has 0 bridgehead atoms. The van der Waals surface area contributed by atoms with Gasteiger partial charge in [-0.2, -0.15) is 5.10 Å². The molecule has 0 spiro atoms. The fourth-order valence-corrected chi connectivity index (χ4v) is 6.08. The third-order valence-electron chi connectivity index (χ3n) is 6.48. The van der Waals surface area contributed by atoms with Crippen molar-refractivity contribution in [2.24, 2.45) is 0 Å². The van der Waals surface area contributed by atoms with Crippen LogP contribution in [0.1, 0.15) is 27.9 Å². The largest absolute Gasteiger partial charge is 0.347 e. The maximum Gasteiger partial charge on any atom is 0.268 e. The van der Waals surface area contributed by atoms with Gasteiger partial charge in [-0.1, -0.05) is 66.2 Å². The summed E-state index contributed by atoms with van der Waals surface area (Å²) < 4.78 is 25.6. The number of rotatable bonds is 7. The van der Waals surface area contributed by atoms with E-state index >= 15 is 0 Å². The molecule has 0 unspecified atom stereocenters. The van der Waals surface area contributed by atoms with E-state index < -0.39 is 27.7 Å². The van der Waals surface area contributed by atoms with Crippen molar-refractivity contribution in [3.63, 3.8) is 0 Å². The summed E-state index contributed by atoms with van der Waals surface area (Å²) in [7, 11) is -3.20. The molecule has 2 N–H and O–H groups in total. The van der Waals surface area contributed by atoms with E-state index in [2.05, 4.69) is 10.6 Å². The van der Waals surface area contributed by atoms with E-state index in [1.54, 1.807) is 47.3 Å².